The second kappa shape index (κ2) is 8.53. The maximum absolute atomic E-state index is 13.5. The molecule has 20 heavy (non-hydrogen) atoms. The number of halogens is 1. The van der Waals surface area contributed by atoms with Crippen molar-refractivity contribution in [2.45, 2.75) is 38.7 Å². The summed E-state index contributed by atoms with van der Waals surface area (Å²) in [4.78, 5) is 11.4. The van der Waals surface area contributed by atoms with Gasteiger partial charge in [-0.15, -0.1) is 0 Å². The monoisotopic (exact) mass is 284 g/mol. The van der Waals surface area contributed by atoms with Gasteiger partial charge < -0.3 is 14.6 Å². The standard InChI is InChI=1S/C15H21FO4/c1-3-4-9-20-15(18)8-6-13(17)11-5-7-14(19-2)12(16)10-11/h5,7,10,13,17H,3-4,6,8-9H2,1-2H3. The number of carbonyl (C=O) groups is 1. The molecule has 0 bridgehead atoms. The number of carbonyl (C=O) groups excluding carboxylic acids is 1. The molecule has 1 aromatic carbocycles. The number of benzene rings is 1. The van der Waals surface area contributed by atoms with E-state index >= 15 is 0 Å². The van der Waals surface area contributed by atoms with Crippen molar-refractivity contribution in [1.82, 2.24) is 0 Å². The molecule has 1 rings (SSSR count). The van der Waals surface area contributed by atoms with Crippen LogP contribution < -0.4 is 4.74 Å². The first-order chi connectivity index (χ1) is 9.58. The Morgan fingerprint density at radius 2 is 2.20 bits per heavy atom. The second-order valence-corrected chi connectivity index (χ2v) is 4.52. The van der Waals surface area contributed by atoms with Crippen molar-refractivity contribution in [2.24, 2.45) is 0 Å². The fraction of sp³-hybridized carbons (Fsp3) is 0.533. The van der Waals surface area contributed by atoms with Crippen LogP contribution in [0.3, 0.4) is 0 Å². The Morgan fingerprint density at radius 3 is 2.80 bits per heavy atom. The van der Waals surface area contributed by atoms with Crippen molar-refractivity contribution in [2.75, 3.05) is 13.7 Å². The lowest BCUT2D eigenvalue weighted by Crippen LogP contribution is -2.08. The lowest BCUT2D eigenvalue weighted by atomic mass is 10.0. The predicted octanol–water partition coefficient (Wildman–Crippen LogP) is 2.99. The van der Waals surface area contributed by atoms with Gasteiger partial charge in [-0.2, -0.15) is 0 Å². The normalized spacial score (nSPS) is 12.0. The summed E-state index contributed by atoms with van der Waals surface area (Å²) in [7, 11) is 1.38. The number of esters is 1. The molecule has 1 aromatic rings. The minimum Gasteiger partial charge on any atom is -0.494 e. The fourth-order valence-electron chi connectivity index (χ4n) is 1.71. The summed E-state index contributed by atoms with van der Waals surface area (Å²) in [6.07, 6.45) is 1.21. The van der Waals surface area contributed by atoms with Crippen LogP contribution in [0.15, 0.2) is 18.2 Å². The summed E-state index contributed by atoms with van der Waals surface area (Å²) in [5.41, 5.74) is 0.421. The maximum atomic E-state index is 13.5. The highest BCUT2D eigenvalue weighted by atomic mass is 19.1. The molecule has 1 atom stereocenters. The van der Waals surface area contributed by atoms with Gasteiger partial charge in [-0.25, -0.2) is 4.39 Å². The van der Waals surface area contributed by atoms with Gasteiger partial charge in [-0.3, -0.25) is 4.79 Å². The lowest BCUT2D eigenvalue weighted by molar-refractivity contribution is -0.144. The Balaban J connectivity index is 2.44. The zero-order chi connectivity index (χ0) is 15.0. The number of ether oxygens (including phenoxy) is 2. The van der Waals surface area contributed by atoms with Crippen molar-refractivity contribution >= 4 is 5.97 Å². The van der Waals surface area contributed by atoms with Crippen LogP contribution in [-0.4, -0.2) is 24.8 Å². The van der Waals surface area contributed by atoms with Crippen molar-refractivity contribution < 1.29 is 23.8 Å². The minimum atomic E-state index is -0.894. The third kappa shape index (κ3) is 5.17. The number of methoxy groups -OCH3 is 1. The quantitative estimate of drug-likeness (QED) is 0.589. The van der Waals surface area contributed by atoms with Crippen LogP contribution in [0.25, 0.3) is 0 Å². The van der Waals surface area contributed by atoms with Gasteiger partial charge in [0.1, 0.15) is 0 Å². The van der Waals surface area contributed by atoms with Gasteiger partial charge in [-0.1, -0.05) is 19.4 Å². The molecule has 0 aliphatic rings. The van der Waals surface area contributed by atoms with E-state index in [4.69, 9.17) is 9.47 Å². The van der Waals surface area contributed by atoms with Crippen LogP contribution in [0.2, 0.25) is 0 Å². The highest BCUT2D eigenvalue weighted by Gasteiger charge is 2.13. The third-order valence-electron chi connectivity index (χ3n) is 2.94. The van der Waals surface area contributed by atoms with Crippen LogP contribution in [0.5, 0.6) is 5.75 Å². The Bertz CT molecular complexity index is 434. The molecule has 0 saturated heterocycles. The molecule has 0 aliphatic carbocycles. The van der Waals surface area contributed by atoms with Gasteiger partial charge in [0.2, 0.25) is 0 Å². The third-order valence-corrected chi connectivity index (χ3v) is 2.94. The molecule has 1 N–H and O–H groups in total. The molecule has 0 fully saturated rings. The van der Waals surface area contributed by atoms with Gasteiger partial charge >= 0.3 is 5.97 Å². The largest absolute Gasteiger partial charge is 0.494 e. The second-order valence-electron chi connectivity index (χ2n) is 4.52. The van der Waals surface area contributed by atoms with E-state index in [1.165, 1.54) is 19.2 Å². The molecule has 0 saturated carbocycles. The van der Waals surface area contributed by atoms with E-state index in [1.54, 1.807) is 6.07 Å². The van der Waals surface area contributed by atoms with Crippen LogP contribution in [0.1, 0.15) is 44.3 Å². The average molecular weight is 284 g/mol. The summed E-state index contributed by atoms with van der Waals surface area (Å²) >= 11 is 0. The Labute approximate surface area is 118 Å². The van der Waals surface area contributed by atoms with E-state index in [1.807, 2.05) is 6.92 Å². The summed E-state index contributed by atoms with van der Waals surface area (Å²) in [6.45, 7) is 2.42. The van der Waals surface area contributed by atoms with E-state index in [9.17, 15) is 14.3 Å². The van der Waals surface area contributed by atoms with Gasteiger partial charge in [0, 0.05) is 6.42 Å². The lowest BCUT2D eigenvalue weighted by Gasteiger charge is -2.12. The van der Waals surface area contributed by atoms with E-state index < -0.39 is 11.9 Å². The summed E-state index contributed by atoms with van der Waals surface area (Å²) in [6, 6.07) is 4.24. The van der Waals surface area contributed by atoms with E-state index in [0.29, 0.717) is 12.2 Å². The molecule has 0 aliphatic heterocycles. The van der Waals surface area contributed by atoms with E-state index in [-0.39, 0.29) is 24.6 Å². The first kappa shape index (κ1) is 16.4. The number of rotatable bonds is 8. The Morgan fingerprint density at radius 1 is 1.45 bits per heavy atom. The fourth-order valence-corrected chi connectivity index (χ4v) is 1.71. The van der Waals surface area contributed by atoms with Crippen LogP contribution >= 0.6 is 0 Å². The summed E-state index contributed by atoms with van der Waals surface area (Å²) in [5.74, 6) is -0.749. The Kier molecular flexibility index (Phi) is 7.01. The summed E-state index contributed by atoms with van der Waals surface area (Å²) in [5, 5.41) is 9.91. The predicted molar refractivity (Wildman–Crippen MR) is 73.0 cm³/mol. The first-order valence-corrected chi connectivity index (χ1v) is 6.75. The minimum absolute atomic E-state index is 0.110. The molecule has 112 valence electrons. The van der Waals surface area contributed by atoms with Gasteiger partial charge in [-0.05, 0) is 30.5 Å². The first-order valence-electron chi connectivity index (χ1n) is 6.75. The zero-order valence-corrected chi connectivity index (χ0v) is 11.9. The topological polar surface area (TPSA) is 55.8 Å². The number of aliphatic hydroxyl groups is 1. The van der Waals surface area contributed by atoms with Crippen molar-refractivity contribution in [3.8, 4) is 5.75 Å². The molecule has 4 nitrogen and oxygen atoms in total. The zero-order valence-electron chi connectivity index (χ0n) is 11.9. The molecule has 5 heteroatoms. The van der Waals surface area contributed by atoms with E-state index in [0.717, 1.165) is 12.8 Å². The number of hydrogen-bond acceptors (Lipinski definition) is 4. The molecule has 0 amide bonds. The van der Waals surface area contributed by atoms with Crippen LogP contribution in [0.4, 0.5) is 4.39 Å². The van der Waals surface area contributed by atoms with Crippen LogP contribution in [0, 0.1) is 5.82 Å². The molecular weight excluding hydrogens is 263 g/mol. The Hall–Kier alpha value is -1.62. The van der Waals surface area contributed by atoms with Gasteiger partial charge in [0.15, 0.2) is 11.6 Å². The molecule has 0 radical (unpaired) electrons. The van der Waals surface area contributed by atoms with E-state index in [2.05, 4.69) is 0 Å². The van der Waals surface area contributed by atoms with Crippen molar-refractivity contribution in [1.29, 1.82) is 0 Å². The SMILES string of the molecule is CCCCOC(=O)CCC(O)c1ccc(OC)c(F)c1. The molecule has 0 spiro atoms. The molecule has 0 heterocycles. The highest BCUT2D eigenvalue weighted by Crippen LogP contribution is 2.24. The van der Waals surface area contributed by atoms with Gasteiger partial charge in [0.25, 0.3) is 0 Å². The number of hydrogen-bond donors (Lipinski definition) is 1. The molecule has 1 unspecified atom stereocenters. The average Bonchev–Trinajstić information content (AvgIpc) is 2.45. The van der Waals surface area contributed by atoms with Crippen molar-refractivity contribution in [3.63, 3.8) is 0 Å². The summed E-state index contributed by atoms with van der Waals surface area (Å²) < 4.78 is 23.3. The van der Waals surface area contributed by atoms with Gasteiger partial charge in [0.05, 0.1) is 19.8 Å². The van der Waals surface area contributed by atoms with Crippen molar-refractivity contribution in [3.05, 3.63) is 29.6 Å². The number of aliphatic hydroxyl groups excluding tert-OH is 1. The molecular formula is C15H21FO4. The maximum Gasteiger partial charge on any atom is 0.305 e. The number of unbranched alkanes of at least 4 members (excludes halogenated alkanes) is 1. The molecule has 0 aromatic heterocycles. The smallest absolute Gasteiger partial charge is 0.305 e. The highest BCUT2D eigenvalue weighted by molar-refractivity contribution is 5.69. The van der Waals surface area contributed by atoms with Crippen LogP contribution in [-0.2, 0) is 9.53 Å².